The quantitative estimate of drug-likeness (QED) is 0.621. The molecule has 1 unspecified atom stereocenters. The minimum atomic E-state index is -0.230. The Bertz CT molecular complexity index is 919. The third kappa shape index (κ3) is 5.97. The smallest absolute Gasteiger partial charge is 0.315 e. The van der Waals surface area contributed by atoms with Crippen molar-refractivity contribution >= 4 is 23.4 Å². The van der Waals surface area contributed by atoms with E-state index in [1.54, 1.807) is 0 Å². The van der Waals surface area contributed by atoms with Crippen molar-refractivity contribution in [1.82, 2.24) is 20.5 Å². The van der Waals surface area contributed by atoms with Crippen LogP contribution in [-0.2, 0) is 11.3 Å². The standard InChI is InChI=1S/C24H32N6O2/c1-17(19-6-8-21(9-7-19)28-23(31)20-4-5-20)27-24(32)26-16-18-3-10-22(25-15-18)30-13-11-29(2)12-14-30/h3,6-10,15,17,20H,4-5,11-14,16H2,1-2H3,(H,28,31)(H2,26,27,32). The van der Waals surface area contributed by atoms with E-state index in [2.05, 4.69) is 37.8 Å². The SMILES string of the molecule is CC(NC(=O)NCc1ccc(N2CCN(C)CC2)nc1)c1ccc(NC(=O)C2CC2)cc1. The van der Waals surface area contributed by atoms with Crippen LogP contribution in [0.5, 0.6) is 0 Å². The fourth-order valence-electron chi connectivity index (χ4n) is 3.70. The van der Waals surface area contributed by atoms with Gasteiger partial charge in [-0.15, -0.1) is 0 Å². The Kier molecular flexibility index (Phi) is 6.90. The van der Waals surface area contributed by atoms with Gasteiger partial charge in [0.05, 0.1) is 6.04 Å². The molecule has 2 aliphatic rings. The Morgan fingerprint density at radius 1 is 1.06 bits per heavy atom. The Morgan fingerprint density at radius 3 is 2.41 bits per heavy atom. The number of nitrogens with zero attached hydrogens (tertiary/aromatic N) is 3. The van der Waals surface area contributed by atoms with E-state index < -0.39 is 0 Å². The third-order valence-corrected chi connectivity index (χ3v) is 6.06. The monoisotopic (exact) mass is 436 g/mol. The summed E-state index contributed by atoms with van der Waals surface area (Å²) in [7, 11) is 2.13. The van der Waals surface area contributed by atoms with Crippen LogP contribution in [0.3, 0.4) is 0 Å². The zero-order valence-electron chi connectivity index (χ0n) is 18.8. The van der Waals surface area contributed by atoms with Crippen LogP contribution in [0.1, 0.15) is 36.9 Å². The first-order chi connectivity index (χ1) is 15.5. The first kappa shape index (κ1) is 22.1. The highest BCUT2D eigenvalue weighted by atomic mass is 16.2. The van der Waals surface area contributed by atoms with Crippen molar-refractivity contribution in [1.29, 1.82) is 0 Å². The van der Waals surface area contributed by atoms with Crippen molar-refractivity contribution in [2.24, 2.45) is 5.92 Å². The molecule has 3 N–H and O–H groups in total. The third-order valence-electron chi connectivity index (χ3n) is 6.06. The molecule has 1 aromatic carbocycles. The summed E-state index contributed by atoms with van der Waals surface area (Å²) in [6, 6.07) is 11.3. The van der Waals surface area contributed by atoms with Gasteiger partial charge in [-0.3, -0.25) is 4.79 Å². The Balaban J connectivity index is 1.21. The number of piperazine rings is 1. The summed E-state index contributed by atoms with van der Waals surface area (Å²) in [5, 5.41) is 8.77. The molecule has 0 bridgehead atoms. The number of anilines is 2. The fraction of sp³-hybridized carbons (Fsp3) is 0.458. The maximum absolute atomic E-state index is 12.3. The van der Waals surface area contributed by atoms with E-state index in [4.69, 9.17) is 0 Å². The molecule has 8 nitrogen and oxygen atoms in total. The predicted molar refractivity (Wildman–Crippen MR) is 126 cm³/mol. The fourth-order valence-corrected chi connectivity index (χ4v) is 3.70. The zero-order valence-corrected chi connectivity index (χ0v) is 18.8. The number of amides is 3. The molecule has 3 amide bonds. The van der Waals surface area contributed by atoms with Gasteiger partial charge >= 0.3 is 6.03 Å². The Hall–Kier alpha value is -3.13. The largest absolute Gasteiger partial charge is 0.354 e. The van der Waals surface area contributed by atoms with Crippen molar-refractivity contribution in [2.75, 3.05) is 43.4 Å². The first-order valence-electron chi connectivity index (χ1n) is 11.3. The molecule has 4 rings (SSSR count). The molecular weight excluding hydrogens is 404 g/mol. The number of pyridine rings is 1. The number of likely N-dealkylation sites (N-methyl/N-ethyl adjacent to an activating group) is 1. The molecule has 0 spiro atoms. The number of hydrogen-bond acceptors (Lipinski definition) is 5. The average molecular weight is 437 g/mol. The van der Waals surface area contributed by atoms with Crippen LogP contribution < -0.4 is 20.9 Å². The minimum Gasteiger partial charge on any atom is -0.354 e. The van der Waals surface area contributed by atoms with Crippen LogP contribution in [0, 0.1) is 5.92 Å². The summed E-state index contributed by atoms with van der Waals surface area (Å²) in [6.07, 6.45) is 3.79. The van der Waals surface area contributed by atoms with Crippen LogP contribution in [0.2, 0.25) is 0 Å². The molecule has 1 saturated carbocycles. The van der Waals surface area contributed by atoms with Gasteiger partial charge in [0.2, 0.25) is 5.91 Å². The molecule has 0 radical (unpaired) electrons. The highest BCUT2D eigenvalue weighted by Gasteiger charge is 2.29. The summed E-state index contributed by atoms with van der Waals surface area (Å²) in [6.45, 7) is 6.40. The van der Waals surface area contributed by atoms with Gasteiger partial charge in [0, 0.05) is 50.5 Å². The van der Waals surface area contributed by atoms with Gasteiger partial charge in [0.25, 0.3) is 0 Å². The van der Waals surface area contributed by atoms with Gasteiger partial charge in [-0.2, -0.15) is 0 Å². The normalized spacial score (nSPS) is 17.5. The van der Waals surface area contributed by atoms with E-state index in [0.717, 1.165) is 61.7 Å². The molecule has 2 fully saturated rings. The number of benzene rings is 1. The summed E-state index contributed by atoms with van der Waals surface area (Å²) < 4.78 is 0. The van der Waals surface area contributed by atoms with Crippen molar-refractivity contribution in [3.63, 3.8) is 0 Å². The lowest BCUT2D eigenvalue weighted by Crippen LogP contribution is -2.44. The Labute approximate surface area is 189 Å². The van der Waals surface area contributed by atoms with E-state index in [9.17, 15) is 9.59 Å². The summed E-state index contributed by atoms with van der Waals surface area (Å²) in [5.74, 6) is 1.25. The van der Waals surface area contributed by atoms with E-state index in [1.165, 1.54) is 0 Å². The number of nitrogens with one attached hydrogen (secondary N) is 3. The maximum atomic E-state index is 12.3. The molecule has 1 aliphatic carbocycles. The van der Waals surface area contributed by atoms with Crippen LogP contribution in [0.15, 0.2) is 42.6 Å². The molecule has 2 heterocycles. The molecule has 8 heteroatoms. The first-order valence-corrected chi connectivity index (χ1v) is 11.3. The summed E-state index contributed by atoms with van der Waals surface area (Å²) in [4.78, 5) is 33.3. The molecule has 2 aromatic rings. The van der Waals surface area contributed by atoms with Gasteiger partial charge in [0.15, 0.2) is 0 Å². The lowest BCUT2D eigenvalue weighted by molar-refractivity contribution is -0.117. The minimum absolute atomic E-state index is 0.0920. The van der Waals surface area contributed by atoms with Crippen molar-refractivity contribution < 1.29 is 9.59 Å². The van der Waals surface area contributed by atoms with Gasteiger partial charge in [-0.25, -0.2) is 9.78 Å². The number of carbonyl (C=O) groups excluding carboxylic acids is 2. The topological polar surface area (TPSA) is 89.6 Å². The summed E-state index contributed by atoms with van der Waals surface area (Å²) >= 11 is 0. The van der Waals surface area contributed by atoms with Crippen LogP contribution in [0.4, 0.5) is 16.3 Å². The number of aromatic nitrogens is 1. The second-order valence-corrected chi connectivity index (χ2v) is 8.75. The van der Waals surface area contributed by atoms with Crippen molar-refractivity contribution in [3.8, 4) is 0 Å². The second kappa shape index (κ2) is 9.99. The van der Waals surface area contributed by atoms with Gasteiger partial charge in [-0.1, -0.05) is 18.2 Å². The van der Waals surface area contributed by atoms with E-state index in [1.807, 2.05) is 49.5 Å². The summed E-state index contributed by atoms with van der Waals surface area (Å²) in [5.41, 5.74) is 2.72. The van der Waals surface area contributed by atoms with Gasteiger partial charge < -0.3 is 25.8 Å². The molecule has 170 valence electrons. The second-order valence-electron chi connectivity index (χ2n) is 8.75. The van der Waals surface area contributed by atoms with E-state index in [-0.39, 0.29) is 23.9 Å². The highest BCUT2D eigenvalue weighted by Crippen LogP contribution is 2.30. The molecule has 1 aromatic heterocycles. The van der Waals surface area contributed by atoms with E-state index in [0.29, 0.717) is 6.54 Å². The molecule has 1 atom stereocenters. The lowest BCUT2D eigenvalue weighted by atomic mass is 10.1. The Morgan fingerprint density at radius 2 is 1.78 bits per heavy atom. The van der Waals surface area contributed by atoms with Crippen molar-refractivity contribution in [2.45, 2.75) is 32.4 Å². The molecule has 32 heavy (non-hydrogen) atoms. The number of urea groups is 1. The van der Waals surface area contributed by atoms with Gasteiger partial charge in [-0.05, 0) is 56.1 Å². The predicted octanol–water partition coefficient (Wildman–Crippen LogP) is 2.74. The van der Waals surface area contributed by atoms with Crippen LogP contribution in [-0.4, -0.2) is 55.0 Å². The number of carbonyl (C=O) groups is 2. The van der Waals surface area contributed by atoms with Crippen molar-refractivity contribution in [3.05, 3.63) is 53.7 Å². The molecule has 1 saturated heterocycles. The van der Waals surface area contributed by atoms with E-state index >= 15 is 0 Å². The van der Waals surface area contributed by atoms with Gasteiger partial charge in [0.1, 0.15) is 5.82 Å². The maximum Gasteiger partial charge on any atom is 0.315 e. The average Bonchev–Trinajstić information content (AvgIpc) is 3.65. The van der Waals surface area contributed by atoms with Crippen LogP contribution >= 0.6 is 0 Å². The molecule has 1 aliphatic heterocycles. The van der Waals surface area contributed by atoms with Crippen LogP contribution in [0.25, 0.3) is 0 Å². The molecular formula is C24H32N6O2. The highest BCUT2D eigenvalue weighted by molar-refractivity contribution is 5.94. The zero-order chi connectivity index (χ0) is 22.5. The number of rotatable bonds is 7. The lowest BCUT2D eigenvalue weighted by Gasteiger charge is -2.33. The number of hydrogen-bond donors (Lipinski definition) is 3.